The van der Waals surface area contributed by atoms with Gasteiger partial charge < -0.3 is 5.32 Å². The van der Waals surface area contributed by atoms with E-state index >= 15 is 0 Å². The van der Waals surface area contributed by atoms with E-state index in [0.717, 1.165) is 11.1 Å². The SMILES string of the molecule is O=C(CSc1nnc(-c2ccccc2)c(-c2ccccc2)n1)N[C@H]1CCS(=O)(=O)C1. The van der Waals surface area contributed by atoms with Crippen molar-refractivity contribution in [2.45, 2.75) is 17.6 Å². The largest absolute Gasteiger partial charge is 0.352 e. The molecular weight excluding hydrogens is 420 g/mol. The van der Waals surface area contributed by atoms with Gasteiger partial charge in [0.05, 0.1) is 17.3 Å². The predicted molar refractivity (Wildman–Crippen MR) is 117 cm³/mol. The molecule has 3 aromatic rings. The maximum absolute atomic E-state index is 12.2. The minimum absolute atomic E-state index is 0.00535. The van der Waals surface area contributed by atoms with E-state index in [0.29, 0.717) is 23.0 Å². The van der Waals surface area contributed by atoms with Crippen molar-refractivity contribution in [1.29, 1.82) is 0 Å². The van der Waals surface area contributed by atoms with Crippen LogP contribution in [0.15, 0.2) is 65.8 Å². The van der Waals surface area contributed by atoms with Gasteiger partial charge in [-0.3, -0.25) is 4.79 Å². The Balaban J connectivity index is 1.51. The predicted octanol–water partition coefficient (Wildman–Crippen LogP) is 2.60. The summed E-state index contributed by atoms with van der Waals surface area (Å²) < 4.78 is 23.1. The van der Waals surface area contributed by atoms with Crippen molar-refractivity contribution >= 4 is 27.5 Å². The summed E-state index contributed by atoms with van der Waals surface area (Å²) in [6.45, 7) is 0. The van der Waals surface area contributed by atoms with Crippen molar-refractivity contribution in [3.63, 3.8) is 0 Å². The second-order valence-electron chi connectivity index (χ2n) is 6.98. The number of hydrogen-bond donors (Lipinski definition) is 1. The highest BCUT2D eigenvalue weighted by Crippen LogP contribution is 2.29. The van der Waals surface area contributed by atoms with Crippen molar-refractivity contribution in [1.82, 2.24) is 20.5 Å². The highest BCUT2D eigenvalue weighted by atomic mass is 32.2. The minimum atomic E-state index is -3.03. The van der Waals surface area contributed by atoms with Crippen LogP contribution < -0.4 is 5.32 Å². The highest BCUT2D eigenvalue weighted by molar-refractivity contribution is 7.99. The number of carbonyl (C=O) groups excluding carboxylic acids is 1. The molecule has 0 saturated carbocycles. The molecule has 154 valence electrons. The normalized spacial score (nSPS) is 17.5. The minimum Gasteiger partial charge on any atom is -0.352 e. The molecule has 1 amide bonds. The lowest BCUT2D eigenvalue weighted by Crippen LogP contribution is -2.36. The number of nitrogens with zero attached hydrogens (tertiary/aromatic N) is 3. The van der Waals surface area contributed by atoms with Gasteiger partial charge in [0.1, 0.15) is 11.4 Å². The van der Waals surface area contributed by atoms with Crippen molar-refractivity contribution in [3.05, 3.63) is 60.7 Å². The van der Waals surface area contributed by atoms with Gasteiger partial charge in [-0.15, -0.1) is 10.2 Å². The molecule has 30 heavy (non-hydrogen) atoms. The van der Waals surface area contributed by atoms with Crippen LogP contribution >= 0.6 is 11.8 Å². The molecule has 9 heteroatoms. The maximum Gasteiger partial charge on any atom is 0.230 e. The van der Waals surface area contributed by atoms with E-state index in [4.69, 9.17) is 0 Å². The van der Waals surface area contributed by atoms with Crippen molar-refractivity contribution in [2.24, 2.45) is 0 Å². The van der Waals surface area contributed by atoms with E-state index < -0.39 is 9.84 Å². The molecule has 4 rings (SSSR count). The van der Waals surface area contributed by atoms with E-state index in [1.165, 1.54) is 11.8 Å². The van der Waals surface area contributed by atoms with Crippen LogP contribution in [0.2, 0.25) is 0 Å². The molecule has 2 heterocycles. The zero-order chi connectivity index (χ0) is 21.0. The Morgan fingerprint density at radius 1 is 0.967 bits per heavy atom. The topological polar surface area (TPSA) is 102 Å². The van der Waals surface area contributed by atoms with E-state index in [-0.39, 0.29) is 29.2 Å². The van der Waals surface area contributed by atoms with E-state index in [2.05, 4.69) is 20.5 Å². The van der Waals surface area contributed by atoms with Crippen LogP contribution in [-0.2, 0) is 14.6 Å². The molecule has 1 N–H and O–H groups in total. The summed E-state index contributed by atoms with van der Waals surface area (Å²) in [6, 6.07) is 19.1. The van der Waals surface area contributed by atoms with Crippen LogP contribution in [0.1, 0.15) is 6.42 Å². The van der Waals surface area contributed by atoms with Crippen LogP contribution in [0, 0.1) is 0 Å². The Morgan fingerprint density at radius 3 is 2.20 bits per heavy atom. The number of sulfone groups is 1. The van der Waals surface area contributed by atoms with Crippen molar-refractivity contribution in [2.75, 3.05) is 17.3 Å². The Kier molecular flexibility index (Phi) is 6.10. The third-order valence-electron chi connectivity index (χ3n) is 4.69. The first-order valence-electron chi connectivity index (χ1n) is 9.48. The third kappa shape index (κ3) is 5.03. The Morgan fingerprint density at radius 2 is 1.60 bits per heavy atom. The molecule has 2 aromatic carbocycles. The van der Waals surface area contributed by atoms with Gasteiger partial charge in [-0.25, -0.2) is 13.4 Å². The van der Waals surface area contributed by atoms with Gasteiger partial charge in [-0.1, -0.05) is 72.4 Å². The number of rotatable bonds is 6. The first kappa shape index (κ1) is 20.5. The number of aromatic nitrogens is 3. The molecule has 0 bridgehead atoms. The monoisotopic (exact) mass is 440 g/mol. The molecule has 1 aromatic heterocycles. The summed E-state index contributed by atoms with van der Waals surface area (Å²) in [5.74, 6) is -0.0127. The van der Waals surface area contributed by atoms with E-state index in [1.54, 1.807) is 0 Å². The van der Waals surface area contributed by atoms with Gasteiger partial charge in [-0.2, -0.15) is 0 Å². The molecule has 1 aliphatic rings. The zero-order valence-corrected chi connectivity index (χ0v) is 17.7. The van der Waals surface area contributed by atoms with Crippen molar-refractivity contribution < 1.29 is 13.2 Å². The lowest BCUT2D eigenvalue weighted by molar-refractivity contribution is -0.119. The summed E-state index contributed by atoms with van der Waals surface area (Å²) in [7, 11) is -3.03. The average molecular weight is 441 g/mol. The smallest absolute Gasteiger partial charge is 0.230 e. The Hall–Kier alpha value is -2.78. The van der Waals surface area contributed by atoms with Crippen LogP contribution in [0.3, 0.4) is 0 Å². The molecule has 1 saturated heterocycles. The molecule has 0 aliphatic carbocycles. The van der Waals surface area contributed by atoms with E-state index in [1.807, 2.05) is 60.7 Å². The quantitative estimate of drug-likeness (QED) is 0.588. The first-order chi connectivity index (χ1) is 14.5. The Labute approximate surface area is 179 Å². The van der Waals surface area contributed by atoms with Gasteiger partial charge >= 0.3 is 0 Å². The number of benzene rings is 2. The molecular formula is C21H20N4O3S2. The van der Waals surface area contributed by atoms with Gasteiger partial charge in [0, 0.05) is 17.2 Å². The molecule has 1 aliphatic heterocycles. The summed E-state index contributed by atoms with van der Waals surface area (Å²) in [6.07, 6.45) is 0.459. The number of carbonyl (C=O) groups is 1. The molecule has 1 fully saturated rings. The second-order valence-corrected chi connectivity index (χ2v) is 10.2. The molecule has 1 atom stereocenters. The lowest BCUT2D eigenvalue weighted by atomic mass is 10.0. The third-order valence-corrected chi connectivity index (χ3v) is 7.30. The summed E-state index contributed by atoms with van der Waals surface area (Å²) in [5.41, 5.74) is 3.19. The van der Waals surface area contributed by atoms with E-state index in [9.17, 15) is 13.2 Å². The fourth-order valence-electron chi connectivity index (χ4n) is 3.27. The highest BCUT2D eigenvalue weighted by Gasteiger charge is 2.28. The van der Waals surface area contributed by atoms with Gasteiger partial charge in [0.2, 0.25) is 11.1 Å². The molecule has 0 unspecified atom stereocenters. The molecule has 0 spiro atoms. The fourth-order valence-corrected chi connectivity index (χ4v) is 5.54. The van der Waals surface area contributed by atoms with Gasteiger partial charge in [0.25, 0.3) is 0 Å². The summed E-state index contributed by atoms with van der Waals surface area (Å²) in [4.78, 5) is 16.9. The molecule has 0 radical (unpaired) electrons. The Bertz CT molecular complexity index is 1140. The fraction of sp³-hybridized carbons (Fsp3) is 0.238. The summed E-state index contributed by atoms with van der Waals surface area (Å²) >= 11 is 1.18. The van der Waals surface area contributed by atoms with Crippen LogP contribution in [0.25, 0.3) is 22.5 Å². The number of hydrogen-bond acceptors (Lipinski definition) is 7. The number of thioether (sulfide) groups is 1. The van der Waals surface area contributed by atoms with Gasteiger partial charge in [-0.05, 0) is 6.42 Å². The zero-order valence-electron chi connectivity index (χ0n) is 16.1. The van der Waals surface area contributed by atoms with Gasteiger partial charge in [0.15, 0.2) is 9.84 Å². The van der Waals surface area contributed by atoms with Crippen LogP contribution in [-0.4, -0.2) is 52.8 Å². The summed E-state index contributed by atoms with van der Waals surface area (Å²) in [5, 5.41) is 11.7. The maximum atomic E-state index is 12.2. The van der Waals surface area contributed by atoms with Crippen LogP contribution in [0.4, 0.5) is 0 Å². The second kappa shape index (κ2) is 8.93. The standard InChI is InChI=1S/C21H20N4O3S2/c26-18(22-17-11-12-30(27,28)14-17)13-29-21-23-19(15-7-3-1-4-8-15)20(24-25-21)16-9-5-2-6-10-16/h1-10,17H,11-14H2,(H,22,26)/t17-/m0/s1. The number of amides is 1. The number of nitrogens with one attached hydrogen (secondary N) is 1. The first-order valence-corrected chi connectivity index (χ1v) is 12.3. The molecule has 7 nitrogen and oxygen atoms in total. The van der Waals surface area contributed by atoms with Crippen LogP contribution in [0.5, 0.6) is 0 Å². The lowest BCUT2D eigenvalue weighted by Gasteiger charge is -2.11. The average Bonchev–Trinajstić information content (AvgIpc) is 3.11. The van der Waals surface area contributed by atoms with Crippen molar-refractivity contribution in [3.8, 4) is 22.5 Å².